The molecule has 0 bridgehead atoms. The molecule has 1 fully saturated rings. The summed E-state index contributed by atoms with van der Waals surface area (Å²) in [6.07, 6.45) is 2.54. The highest BCUT2D eigenvalue weighted by atomic mass is 15.2. The van der Waals surface area contributed by atoms with Gasteiger partial charge in [0.05, 0.1) is 6.07 Å². The Labute approximate surface area is 61.4 Å². The molecule has 0 heterocycles. The van der Waals surface area contributed by atoms with Crippen molar-refractivity contribution in [3.05, 3.63) is 0 Å². The van der Waals surface area contributed by atoms with Crippen molar-refractivity contribution in [3.8, 4) is 6.07 Å². The van der Waals surface area contributed by atoms with Gasteiger partial charge in [-0.1, -0.05) is 0 Å². The lowest BCUT2D eigenvalue weighted by molar-refractivity contribution is 0.318. The lowest BCUT2D eigenvalue weighted by atomic mass is 10.3. The van der Waals surface area contributed by atoms with Gasteiger partial charge < -0.3 is 10.6 Å². The van der Waals surface area contributed by atoms with Crippen LogP contribution < -0.4 is 5.73 Å². The van der Waals surface area contributed by atoms with Crippen LogP contribution in [0.15, 0.2) is 0 Å². The first kappa shape index (κ1) is 7.52. The number of nitriles is 1. The third kappa shape index (κ3) is 1.98. The summed E-state index contributed by atoms with van der Waals surface area (Å²) in [5.41, 5.74) is 5.44. The Bertz CT molecular complexity index is 145. The molecule has 1 aliphatic carbocycles. The van der Waals surface area contributed by atoms with E-state index in [1.165, 1.54) is 12.8 Å². The second-order valence-corrected chi connectivity index (χ2v) is 2.91. The predicted octanol–water partition coefficient (Wildman–Crippen LogP) is -0.0685. The third-order valence-electron chi connectivity index (χ3n) is 1.82. The molecule has 0 amide bonds. The Hall–Kier alpha value is -0.590. The molecular formula is C7H13N3. The smallest absolute Gasteiger partial charge is 0.106 e. The summed E-state index contributed by atoms with van der Waals surface area (Å²) in [7, 11) is 2.02. The molecule has 0 aromatic heterocycles. The van der Waals surface area contributed by atoms with Crippen LogP contribution in [-0.4, -0.2) is 30.6 Å². The Kier molecular flexibility index (Phi) is 2.25. The lowest BCUT2D eigenvalue weighted by Crippen LogP contribution is -2.35. The summed E-state index contributed by atoms with van der Waals surface area (Å²) in [5.74, 6) is 0. The molecule has 0 spiro atoms. The standard InChI is InChI=1S/C7H13N3/c1-10(7-2-3-7)5-6(9)4-8/h6-7H,2-3,5,9H2,1H3. The number of nitrogens with two attached hydrogens (primary N) is 1. The van der Waals surface area contributed by atoms with Crippen LogP contribution in [0.3, 0.4) is 0 Å². The highest BCUT2D eigenvalue weighted by Crippen LogP contribution is 2.24. The first-order valence-corrected chi connectivity index (χ1v) is 3.59. The lowest BCUT2D eigenvalue weighted by Gasteiger charge is -2.15. The van der Waals surface area contributed by atoms with E-state index in [9.17, 15) is 0 Å². The van der Waals surface area contributed by atoms with Gasteiger partial charge in [0.1, 0.15) is 6.04 Å². The average molecular weight is 139 g/mol. The average Bonchev–Trinajstić information content (AvgIpc) is 2.68. The highest BCUT2D eigenvalue weighted by Gasteiger charge is 2.26. The van der Waals surface area contributed by atoms with E-state index in [1.807, 2.05) is 13.1 Å². The predicted molar refractivity (Wildman–Crippen MR) is 39.2 cm³/mol. The minimum atomic E-state index is -0.314. The maximum atomic E-state index is 8.38. The Morgan fingerprint density at radius 3 is 2.80 bits per heavy atom. The van der Waals surface area contributed by atoms with E-state index in [-0.39, 0.29) is 6.04 Å². The van der Waals surface area contributed by atoms with Crippen LogP contribution in [-0.2, 0) is 0 Å². The molecule has 2 N–H and O–H groups in total. The van der Waals surface area contributed by atoms with Gasteiger partial charge in [-0.25, -0.2) is 0 Å². The summed E-state index contributed by atoms with van der Waals surface area (Å²) in [5, 5.41) is 8.38. The van der Waals surface area contributed by atoms with E-state index in [2.05, 4.69) is 4.90 Å². The Morgan fingerprint density at radius 2 is 2.40 bits per heavy atom. The molecule has 1 atom stereocenters. The second-order valence-electron chi connectivity index (χ2n) is 2.91. The largest absolute Gasteiger partial charge is 0.315 e. The van der Waals surface area contributed by atoms with Gasteiger partial charge in [0.25, 0.3) is 0 Å². The van der Waals surface area contributed by atoms with E-state index < -0.39 is 0 Å². The van der Waals surface area contributed by atoms with Crippen molar-refractivity contribution in [2.75, 3.05) is 13.6 Å². The maximum absolute atomic E-state index is 8.38. The van der Waals surface area contributed by atoms with E-state index in [1.54, 1.807) is 0 Å². The molecule has 1 unspecified atom stereocenters. The van der Waals surface area contributed by atoms with Crippen molar-refractivity contribution in [3.63, 3.8) is 0 Å². The van der Waals surface area contributed by atoms with Gasteiger partial charge in [-0.2, -0.15) is 5.26 Å². The molecule has 1 aliphatic rings. The fourth-order valence-corrected chi connectivity index (χ4v) is 1.02. The van der Waals surface area contributed by atoms with Crippen LogP contribution in [0.5, 0.6) is 0 Å². The highest BCUT2D eigenvalue weighted by molar-refractivity contribution is 4.92. The first-order chi connectivity index (χ1) is 4.74. The fraction of sp³-hybridized carbons (Fsp3) is 0.857. The number of hydrogen-bond acceptors (Lipinski definition) is 3. The van der Waals surface area contributed by atoms with E-state index in [0.717, 1.165) is 0 Å². The molecule has 0 saturated heterocycles. The van der Waals surface area contributed by atoms with Gasteiger partial charge in [-0.15, -0.1) is 0 Å². The summed E-state index contributed by atoms with van der Waals surface area (Å²) in [4.78, 5) is 2.16. The molecule has 0 aromatic rings. The molecule has 1 saturated carbocycles. The van der Waals surface area contributed by atoms with Gasteiger partial charge in [0.15, 0.2) is 0 Å². The number of nitrogens with zero attached hydrogens (tertiary/aromatic N) is 2. The number of rotatable bonds is 3. The first-order valence-electron chi connectivity index (χ1n) is 3.59. The molecule has 0 radical (unpaired) electrons. The zero-order valence-electron chi connectivity index (χ0n) is 6.25. The molecular weight excluding hydrogens is 126 g/mol. The molecule has 3 nitrogen and oxygen atoms in total. The van der Waals surface area contributed by atoms with Crippen LogP contribution in [0.25, 0.3) is 0 Å². The Morgan fingerprint density at radius 1 is 1.80 bits per heavy atom. The topological polar surface area (TPSA) is 53.0 Å². The van der Waals surface area contributed by atoms with Gasteiger partial charge in [0, 0.05) is 12.6 Å². The molecule has 0 aliphatic heterocycles. The number of likely N-dealkylation sites (N-methyl/N-ethyl adjacent to an activating group) is 1. The fourth-order valence-electron chi connectivity index (χ4n) is 1.02. The molecule has 3 heteroatoms. The second kappa shape index (κ2) is 3.00. The SMILES string of the molecule is CN(CC(N)C#N)C1CC1. The summed E-state index contributed by atoms with van der Waals surface area (Å²) in [6, 6.07) is 2.41. The number of hydrogen-bond donors (Lipinski definition) is 1. The van der Waals surface area contributed by atoms with Crippen LogP contribution in [0, 0.1) is 11.3 Å². The van der Waals surface area contributed by atoms with Crippen LogP contribution in [0.4, 0.5) is 0 Å². The van der Waals surface area contributed by atoms with Crippen molar-refractivity contribution < 1.29 is 0 Å². The molecule has 56 valence electrons. The van der Waals surface area contributed by atoms with Gasteiger partial charge in [-0.05, 0) is 19.9 Å². The summed E-state index contributed by atoms with van der Waals surface area (Å²) < 4.78 is 0. The van der Waals surface area contributed by atoms with Crippen LogP contribution in [0.2, 0.25) is 0 Å². The molecule has 1 rings (SSSR count). The van der Waals surface area contributed by atoms with Crippen molar-refractivity contribution in [2.24, 2.45) is 5.73 Å². The van der Waals surface area contributed by atoms with Crippen LogP contribution >= 0.6 is 0 Å². The maximum Gasteiger partial charge on any atom is 0.106 e. The molecule has 0 aromatic carbocycles. The van der Waals surface area contributed by atoms with E-state index in [0.29, 0.717) is 12.6 Å². The van der Waals surface area contributed by atoms with E-state index >= 15 is 0 Å². The zero-order valence-corrected chi connectivity index (χ0v) is 6.25. The van der Waals surface area contributed by atoms with Gasteiger partial charge in [0.2, 0.25) is 0 Å². The third-order valence-corrected chi connectivity index (χ3v) is 1.82. The normalized spacial score (nSPS) is 20.6. The van der Waals surface area contributed by atoms with Crippen LogP contribution in [0.1, 0.15) is 12.8 Å². The van der Waals surface area contributed by atoms with Crippen molar-refractivity contribution in [1.82, 2.24) is 4.90 Å². The van der Waals surface area contributed by atoms with Gasteiger partial charge in [-0.3, -0.25) is 0 Å². The van der Waals surface area contributed by atoms with Crippen molar-refractivity contribution in [1.29, 1.82) is 5.26 Å². The Balaban J connectivity index is 2.17. The van der Waals surface area contributed by atoms with Crippen molar-refractivity contribution >= 4 is 0 Å². The van der Waals surface area contributed by atoms with Gasteiger partial charge >= 0.3 is 0 Å². The van der Waals surface area contributed by atoms with E-state index in [4.69, 9.17) is 11.0 Å². The van der Waals surface area contributed by atoms with Crippen molar-refractivity contribution in [2.45, 2.75) is 24.9 Å². The summed E-state index contributed by atoms with van der Waals surface area (Å²) in [6.45, 7) is 0.709. The minimum absolute atomic E-state index is 0.314. The zero-order chi connectivity index (χ0) is 7.56. The quantitative estimate of drug-likeness (QED) is 0.595. The monoisotopic (exact) mass is 139 g/mol. The minimum Gasteiger partial charge on any atom is -0.315 e. The molecule has 10 heavy (non-hydrogen) atoms. The summed E-state index contributed by atoms with van der Waals surface area (Å²) >= 11 is 0.